The van der Waals surface area contributed by atoms with Crippen molar-refractivity contribution in [3.63, 3.8) is 0 Å². The second kappa shape index (κ2) is 15.0. The van der Waals surface area contributed by atoms with E-state index in [-0.39, 0.29) is 24.0 Å². The molecule has 1 aliphatic carbocycles. The minimum Gasteiger partial charge on any atom is -0.382 e. The zero-order chi connectivity index (χ0) is 19.3. The fourth-order valence-corrected chi connectivity index (χ4v) is 3.73. The van der Waals surface area contributed by atoms with E-state index in [1.807, 2.05) is 14.0 Å². The summed E-state index contributed by atoms with van der Waals surface area (Å²) in [5.74, 6) is 0.849. The van der Waals surface area contributed by atoms with Crippen LogP contribution < -0.4 is 10.6 Å². The number of nitrogens with one attached hydrogen (secondary N) is 2. The SMILES string of the molecule is CCOCCCNC(=NC)NCc1ccccc1CN(C)C1CCCCC1.I. The molecule has 0 saturated heterocycles. The van der Waals surface area contributed by atoms with Gasteiger partial charge in [-0.1, -0.05) is 43.5 Å². The first-order chi connectivity index (χ1) is 13.2. The van der Waals surface area contributed by atoms with Gasteiger partial charge in [-0.25, -0.2) is 0 Å². The lowest BCUT2D eigenvalue weighted by Crippen LogP contribution is -2.38. The van der Waals surface area contributed by atoms with Gasteiger partial charge >= 0.3 is 0 Å². The van der Waals surface area contributed by atoms with Crippen molar-refractivity contribution in [2.75, 3.05) is 33.9 Å². The summed E-state index contributed by atoms with van der Waals surface area (Å²) in [6.45, 7) is 6.27. The van der Waals surface area contributed by atoms with Crippen molar-refractivity contribution >= 4 is 29.9 Å². The van der Waals surface area contributed by atoms with E-state index in [1.54, 1.807) is 0 Å². The van der Waals surface area contributed by atoms with E-state index in [2.05, 4.69) is 51.8 Å². The van der Waals surface area contributed by atoms with Gasteiger partial charge in [-0.15, -0.1) is 24.0 Å². The Morgan fingerprint density at radius 1 is 1.14 bits per heavy atom. The minimum atomic E-state index is 0. The van der Waals surface area contributed by atoms with Gasteiger partial charge in [0, 0.05) is 45.9 Å². The third kappa shape index (κ3) is 9.09. The molecule has 28 heavy (non-hydrogen) atoms. The first-order valence-corrected chi connectivity index (χ1v) is 10.5. The first kappa shape index (κ1) is 25.2. The Morgan fingerprint density at radius 2 is 1.86 bits per heavy atom. The van der Waals surface area contributed by atoms with Crippen LogP contribution in [0.25, 0.3) is 0 Å². The molecule has 0 aliphatic heterocycles. The van der Waals surface area contributed by atoms with Crippen molar-refractivity contribution in [2.24, 2.45) is 4.99 Å². The second-order valence-electron chi connectivity index (χ2n) is 7.38. The van der Waals surface area contributed by atoms with Crippen LogP contribution in [0.4, 0.5) is 0 Å². The minimum absolute atomic E-state index is 0. The number of ether oxygens (including phenoxy) is 1. The molecule has 0 bridgehead atoms. The van der Waals surface area contributed by atoms with Gasteiger partial charge in [0.15, 0.2) is 5.96 Å². The number of nitrogens with zero attached hydrogens (tertiary/aromatic N) is 2. The molecular weight excluding hydrogens is 463 g/mol. The van der Waals surface area contributed by atoms with Crippen LogP contribution in [0.1, 0.15) is 56.6 Å². The maximum absolute atomic E-state index is 5.38. The lowest BCUT2D eigenvalue weighted by molar-refractivity contribution is 0.145. The Morgan fingerprint density at radius 3 is 2.54 bits per heavy atom. The van der Waals surface area contributed by atoms with Crippen LogP contribution in [0.15, 0.2) is 29.3 Å². The van der Waals surface area contributed by atoms with Crippen molar-refractivity contribution in [2.45, 2.75) is 64.6 Å². The molecule has 2 N–H and O–H groups in total. The van der Waals surface area contributed by atoms with Crippen LogP contribution in [0.5, 0.6) is 0 Å². The topological polar surface area (TPSA) is 48.9 Å². The van der Waals surface area contributed by atoms with Gasteiger partial charge in [0.2, 0.25) is 0 Å². The molecule has 0 spiro atoms. The average molecular weight is 502 g/mol. The summed E-state index contributed by atoms with van der Waals surface area (Å²) in [5.41, 5.74) is 2.75. The Bertz CT molecular complexity index is 561. The molecule has 0 amide bonds. The van der Waals surface area contributed by atoms with Crippen LogP contribution in [0.2, 0.25) is 0 Å². The summed E-state index contributed by atoms with van der Waals surface area (Å²) in [6.07, 6.45) is 7.83. The summed E-state index contributed by atoms with van der Waals surface area (Å²) in [4.78, 5) is 6.87. The number of benzene rings is 1. The predicted molar refractivity (Wildman–Crippen MR) is 130 cm³/mol. The van der Waals surface area contributed by atoms with E-state index < -0.39 is 0 Å². The van der Waals surface area contributed by atoms with Gasteiger partial charge in [-0.3, -0.25) is 9.89 Å². The van der Waals surface area contributed by atoms with Crippen LogP contribution >= 0.6 is 24.0 Å². The van der Waals surface area contributed by atoms with Crippen molar-refractivity contribution in [3.05, 3.63) is 35.4 Å². The average Bonchev–Trinajstić information content (AvgIpc) is 2.71. The number of halogens is 1. The van der Waals surface area contributed by atoms with Crippen LogP contribution in [-0.4, -0.2) is 50.8 Å². The monoisotopic (exact) mass is 502 g/mol. The van der Waals surface area contributed by atoms with Crippen LogP contribution in [0, 0.1) is 0 Å². The van der Waals surface area contributed by atoms with Gasteiger partial charge in [-0.2, -0.15) is 0 Å². The third-order valence-electron chi connectivity index (χ3n) is 5.37. The van der Waals surface area contributed by atoms with Gasteiger partial charge in [-0.05, 0) is 44.4 Å². The van der Waals surface area contributed by atoms with E-state index >= 15 is 0 Å². The zero-order valence-electron chi connectivity index (χ0n) is 17.9. The predicted octanol–water partition coefficient (Wildman–Crippen LogP) is 4.16. The summed E-state index contributed by atoms with van der Waals surface area (Å²) in [6, 6.07) is 9.49. The van der Waals surface area contributed by atoms with E-state index in [1.165, 1.54) is 43.2 Å². The molecule has 1 aromatic rings. The Kier molecular flexibility index (Phi) is 13.5. The molecule has 0 aromatic heterocycles. The molecule has 160 valence electrons. The second-order valence-corrected chi connectivity index (χ2v) is 7.38. The molecular formula is C22H39IN4O. The Labute approximate surface area is 188 Å². The molecule has 0 heterocycles. The molecule has 5 nitrogen and oxygen atoms in total. The van der Waals surface area contributed by atoms with Crippen LogP contribution in [0.3, 0.4) is 0 Å². The lowest BCUT2D eigenvalue weighted by Gasteiger charge is -2.31. The van der Waals surface area contributed by atoms with Gasteiger partial charge in [0.25, 0.3) is 0 Å². The Hall–Kier alpha value is -0.860. The normalized spacial score (nSPS) is 15.4. The third-order valence-corrected chi connectivity index (χ3v) is 5.37. The van der Waals surface area contributed by atoms with Crippen molar-refractivity contribution in [1.29, 1.82) is 0 Å². The molecule has 2 rings (SSSR count). The number of hydrogen-bond donors (Lipinski definition) is 2. The maximum Gasteiger partial charge on any atom is 0.191 e. The summed E-state index contributed by atoms with van der Waals surface area (Å²) < 4.78 is 5.38. The highest BCUT2D eigenvalue weighted by atomic mass is 127. The number of guanidine groups is 1. The molecule has 0 unspecified atom stereocenters. The smallest absolute Gasteiger partial charge is 0.191 e. The maximum atomic E-state index is 5.38. The van der Waals surface area contributed by atoms with Gasteiger partial charge in [0.05, 0.1) is 0 Å². The summed E-state index contributed by atoms with van der Waals surface area (Å²) in [5, 5.41) is 6.81. The molecule has 1 saturated carbocycles. The fraction of sp³-hybridized carbons (Fsp3) is 0.682. The van der Waals surface area contributed by atoms with E-state index in [0.29, 0.717) is 0 Å². The van der Waals surface area contributed by atoms with E-state index in [4.69, 9.17) is 4.74 Å². The van der Waals surface area contributed by atoms with Gasteiger partial charge < -0.3 is 15.4 Å². The molecule has 1 aliphatic rings. The first-order valence-electron chi connectivity index (χ1n) is 10.5. The van der Waals surface area contributed by atoms with Crippen molar-refractivity contribution in [1.82, 2.24) is 15.5 Å². The lowest BCUT2D eigenvalue weighted by atomic mass is 9.94. The van der Waals surface area contributed by atoms with E-state index in [9.17, 15) is 0 Å². The van der Waals surface area contributed by atoms with Crippen molar-refractivity contribution < 1.29 is 4.74 Å². The molecule has 6 heteroatoms. The highest BCUT2D eigenvalue weighted by molar-refractivity contribution is 14.0. The summed E-state index contributed by atoms with van der Waals surface area (Å²) in [7, 11) is 4.10. The molecule has 0 atom stereocenters. The number of rotatable bonds is 10. The molecule has 1 fully saturated rings. The molecule has 1 aromatic carbocycles. The Balaban J connectivity index is 0.00000392. The van der Waals surface area contributed by atoms with E-state index in [0.717, 1.165) is 51.3 Å². The quantitative estimate of drug-likeness (QED) is 0.218. The zero-order valence-corrected chi connectivity index (χ0v) is 20.2. The highest BCUT2D eigenvalue weighted by Gasteiger charge is 2.18. The highest BCUT2D eigenvalue weighted by Crippen LogP contribution is 2.23. The van der Waals surface area contributed by atoms with Crippen molar-refractivity contribution in [3.8, 4) is 0 Å². The van der Waals surface area contributed by atoms with Crippen LogP contribution in [-0.2, 0) is 17.8 Å². The number of hydrogen-bond acceptors (Lipinski definition) is 3. The van der Waals surface area contributed by atoms with Gasteiger partial charge in [0.1, 0.15) is 0 Å². The standard InChI is InChI=1S/C22H38N4O.HI/c1-4-27-16-10-15-24-22(23-2)25-17-19-11-8-9-12-20(19)18-26(3)21-13-6-5-7-14-21;/h8-9,11-12,21H,4-7,10,13-18H2,1-3H3,(H2,23,24,25);1H. The molecule has 0 radical (unpaired) electrons. The summed E-state index contributed by atoms with van der Waals surface area (Å²) >= 11 is 0. The fourth-order valence-electron chi connectivity index (χ4n) is 3.73. The number of aliphatic imine (C=N–C) groups is 1. The largest absolute Gasteiger partial charge is 0.382 e.